The summed E-state index contributed by atoms with van der Waals surface area (Å²) in [5, 5.41) is 17.2. The van der Waals surface area contributed by atoms with Crippen LogP contribution in [-0.4, -0.2) is 35.5 Å². The summed E-state index contributed by atoms with van der Waals surface area (Å²) >= 11 is 3.49. The van der Waals surface area contributed by atoms with E-state index in [1.54, 1.807) is 0 Å². The predicted molar refractivity (Wildman–Crippen MR) is 75.5 cm³/mol. The molecule has 0 aliphatic heterocycles. The number of likely N-dealkylation sites (N-methyl/N-ethyl adjacent to an activating group) is 1. The Balaban J connectivity index is 2.25. The Labute approximate surface area is 114 Å². The van der Waals surface area contributed by atoms with Crippen molar-refractivity contribution in [1.82, 2.24) is 10.2 Å². The summed E-state index contributed by atoms with van der Waals surface area (Å²) in [6.07, 6.45) is 0. The molecule has 0 radical (unpaired) electrons. The molecule has 4 nitrogen and oxygen atoms in total. The Morgan fingerprint density at radius 2 is 1.94 bits per heavy atom. The molecule has 0 aliphatic rings. The molecular weight excluding hydrogens is 294 g/mol. The van der Waals surface area contributed by atoms with Crippen molar-refractivity contribution in [2.45, 2.75) is 0 Å². The fourth-order valence-electron chi connectivity index (χ4n) is 1.61. The second-order valence-corrected chi connectivity index (χ2v) is 4.76. The summed E-state index contributed by atoms with van der Waals surface area (Å²) in [6.45, 7) is 0.646. The molecule has 0 bridgehead atoms. The van der Waals surface area contributed by atoms with E-state index in [1.807, 2.05) is 48.3 Å². The number of hydrogen-bond acceptors (Lipinski definition) is 4. The van der Waals surface area contributed by atoms with E-state index in [0.29, 0.717) is 6.54 Å². The third-order valence-electron chi connectivity index (χ3n) is 2.63. The summed E-state index contributed by atoms with van der Waals surface area (Å²) in [6, 6.07) is 11.7. The van der Waals surface area contributed by atoms with Gasteiger partial charge >= 0.3 is 0 Å². The monoisotopic (exact) mass is 307 g/mol. The standard InChI is InChI=1S/C13H14BrN3O/c1-17(8-9-18)13-7-6-12(15-16-13)10-4-2-3-5-11(10)14/h2-7,18H,8-9H2,1H3. The van der Waals surface area contributed by atoms with Crippen LogP contribution in [0.2, 0.25) is 0 Å². The number of benzene rings is 1. The lowest BCUT2D eigenvalue weighted by atomic mass is 10.1. The number of rotatable bonds is 4. The van der Waals surface area contributed by atoms with E-state index in [1.165, 1.54) is 0 Å². The fraction of sp³-hybridized carbons (Fsp3) is 0.231. The molecule has 0 saturated heterocycles. The Kier molecular flexibility index (Phi) is 4.28. The zero-order valence-electron chi connectivity index (χ0n) is 10.0. The molecule has 0 amide bonds. The van der Waals surface area contributed by atoms with Crippen LogP contribution in [0, 0.1) is 0 Å². The van der Waals surface area contributed by atoms with E-state index in [0.717, 1.165) is 21.5 Å². The molecule has 94 valence electrons. The average molecular weight is 308 g/mol. The van der Waals surface area contributed by atoms with Crippen LogP contribution in [0.5, 0.6) is 0 Å². The minimum atomic E-state index is 0.101. The molecule has 0 atom stereocenters. The lowest BCUT2D eigenvalue weighted by Gasteiger charge is -2.15. The molecule has 0 saturated carbocycles. The minimum absolute atomic E-state index is 0.101. The van der Waals surface area contributed by atoms with Gasteiger partial charge in [0, 0.05) is 23.6 Å². The molecule has 0 fully saturated rings. The quantitative estimate of drug-likeness (QED) is 0.942. The fourth-order valence-corrected chi connectivity index (χ4v) is 2.09. The third kappa shape index (κ3) is 2.86. The van der Waals surface area contributed by atoms with Gasteiger partial charge < -0.3 is 10.0 Å². The first kappa shape index (κ1) is 13.0. The number of nitrogens with zero attached hydrogens (tertiary/aromatic N) is 3. The van der Waals surface area contributed by atoms with E-state index in [4.69, 9.17) is 5.11 Å². The Morgan fingerprint density at radius 1 is 1.17 bits per heavy atom. The van der Waals surface area contributed by atoms with Crippen LogP contribution in [0.4, 0.5) is 5.82 Å². The maximum Gasteiger partial charge on any atom is 0.151 e. The van der Waals surface area contributed by atoms with Crippen molar-refractivity contribution in [3.8, 4) is 11.3 Å². The Hall–Kier alpha value is -1.46. The largest absolute Gasteiger partial charge is 0.395 e. The molecule has 1 aromatic heterocycles. The van der Waals surface area contributed by atoms with E-state index < -0.39 is 0 Å². The molecule has 18 heavy (non-hydrogen) atoms. The Bertz CT molecular complexity index is 516. The van der Waals surface area contributed by atoms with E-state index in [9.17, 15) is 0 Å². The van der Waals surface area contributed by atoms with E-state index in [2.05, 4.69) is 26.1 Å². The van der Waals surface area contributed by atoms with Crippen molar-refractivity contribution in [2.24, 2.45) is 0 Å². The second kappa shape index (κ2) is 5.93. The van der Waals surface area contributed by atoms with Crippen molar-refractivity contribution < 1.29 is 5.11 Å². The lowest BCUT2D eigenvalue weighted by Crippen LogP contribution is -2.22. The van der Waals surface area contributed by atoms with E-state index >= 15 is 0 Å². The van der Waals surface area contributed by atoms with Crippen LogP contribution in [0.1, 0.15) is 0 Å². The normalized spacial score (nSPS) is 10.4. The highest BCUT2D eigenvalue weighted by atomic mass is 79.9. The summed E-state index contributed by atoms with van der Waals surface area (Å²) in [4.78, 5) is 1.86. The third-order valence-corrected chi connectivity index (χ3v) is 3.32. The minimum Gasteiger partial charge on any atom is -0.395 e. The number of hydrogen-bond donors (Lipinski definition) is 1. The van der Waals surface area contributed by atoms with Crippen molar-refractivity contribution in [3.05, 3.63) is 40.9 Å². The SMILES string of the molecule is CN(CCO)c1ccc(-c2ccccc2Br)nn1. The van der Waals surface area contributed by atoms with Crippen molar-refractivity contribution in [3.63, 3.8) is 0 Å². The smallest absolute Gasteiger partial charge is 0.151 e. The van der Waals surface area contributed by atoms with Crippen LogP contribution >= 0.6 is 15.9 Å². The van der Waals surface area contributed by atoms with Gasteiger partial charge in [-0.05, 0) is 18.2 Å². The van der Waals surface area contributed by atoms with Crippen LogP contribution in [0.3, 0.4) is 0 Å². The molecular formula is C13H14BrN3O. The maximum absolute atomic E-state index is 8.87. The highest BCUT2D eigenvalue weighted by Crippen LogP contribution is 2.26. The topological polar surface area (TPSA) is 49.2 Å². The second-order valence-electron chi connectivity index (χ2n) is 3.90. The first-order valence-electron chi connectivity index (χ1n) is 5.63. The molecule has 1 N–H and O–H groups in total. The van der Waals surface area contributed by atoms with Gasteiger partial charge in [0.1, 0.15) is 0 Å². The van der Waals surface area contributed by atoms with E-state index in [-0.39, 0.29) is 6.61 Å². The van der Waals surface area contributed by atoms with Gasteiger partial charge in [-0.25, -0.2) is 0 Å². The van der Waals surface area contributed by atoms with Crippen LogP contribution in [0.25, 0.3) is 11.3 Å². The highest BCUT2D eigenvalue weighted by molar-refractivity contribution is 9.10. The van der Waals surface area contributed by atoms with Crippen LogP contribution < -0.4 is 4.90 Å². The average Bonchev–Trinajstić information content (AvgIpc) is 2.40. The van der Waals surface area contributed by atoms with Crippen molar-refractivity contribution in [2.75, 3.05) is 25.1 Å². The molecule has 0 unspecified atom stereocenters. The zero-order valence-corrected chi connectivity index (χ0v) is 11.6. The number of aromatic nitrogens is 2. The van der Waals surface area contributed by atoms with Gasteiger partial charge in [0.15, 0.2) is 5.82 Å². The van der Waals surface area contributed by atoms with Gasteiger partial charge in [-0.1, -0.05) is 34.1 Å². The van der Waals surface area contributed by atoms with Gasteiger partial charge in [-0.15, -0.1) is 10.2 Å². The van der Waals surface area contributed by atoms with Crippen LogP contribution in [0.15, 0.2) is 40.9 Å². The highest BCUT2D eigenvalue weighted by Gasteiger charge is 2.06. The summed E-state index contributed by atoms with van der Waals surface area (Å²) < 4.78 is 0.996. The van der Waals surface area contributed by atoms with Gasteiger partial charge in [0.2, 0.25) is 0 Å². The van der Waals surface area contributed by atoms with Crippen molar-refractivity contribution >= 4 is 21.7 Å². The Morgan fingerprint density at radius 3 is 2.56 bits per heavy atom. The molecule has 0 aliphatic carbocycles. The first-order chi connectivity index (χ1) is 8.72. The van der Waals surface area contributed by atoms with Crippen molar-refractivity contribution in [1.29, 1.82) is 0 Å². The summed E-state index contributed by atoms with van der Waals surface area (Å²) in [5.41, 5.74) is 1.84. The van der Waals surface area contributed by atoms with Gasteiger partial charge in [-0.2, -0.15) is 0 Å². The molecule has 0 spiro atoms. The maximum atomic E-state index is 8.87. The summed E-state index contributed by atoms with van der Waals surface area (Å²) in [5.74, 6) is 0.750. The predicted octanol–water partition coefficient (Wildman–Crippen LogP) is 2.33. The first-order valence-corrected chi connectivity index (χ1v) is 6.42. The van der Waals surface area contributed by atoms with Gasteiger partial charge in [0.25, 0.3) is 0 Å². The molecule has 1 aromatic carbocycles. The number of halogens is 1. The van der Waals surface area contributed by atoms with Gasteiger partial charge in [0.05, 0.1) is 12.3 Å². The molecule has 1 heterocycles. The van der Waals surface area contributed by atoms with Gasteiger partial charge in [-0.3, -0.25) is 0 Å². The molecule has 2 rings (SSSR count). The van der Waals surface area contributed by atoms with Crippen LogP contribution in [-0.2, 0) is 0 Å². The molecule has 2 aromatic rings. The zero-order chi connectivity index (χ0) is 13.0. The molecule has 5 heteroatoms. The summed E-state index contributed by atoms with van der Waals surface area (Å²) in [7, 11) is 1.87. The number of aliphatic hydroxyl groups excluding tert-OH is 1. The lowest BCUT2D eigenvalue weighted by molar-refractivity contribution is 0.303. The number of anilines is 1. The number of aliphatic hydroxyl groups is 1.